The molecule has 1 fully saturated rings. The molecule has 1 saturated carbocycles. The monoisotopic (exact) mass is 254 g/mol. The summed E-state index contributed by atoms with van der Waals surface area (Å²) < 4.78 is 24.7. The van der Waals surface area contributed by atoms with Gasteiger partial charge in [0.05, 0.1) is 6.54 Å². The van der Waals surface area contributed by atoms with Crippen molar-refractivity contribution in [1.29, 1.82) is 0 Å². The van der Waals surface area contributed by atoms with Gasteiger partial charge >= 0.3 is 0 Å². The topological polar surface area (TPSA) is 15.3 Å². The highest BCUT2D eigenvalue weighted by atomic mass is 19.3. The summed E-state index contributed by atoms with van der Waals surface area (Å²) in [6.45, 7) is 2.61. The van der Waals surface area contributed by atoms with Crippen LogP contribution in [0.15, 0.2) is 18.2 Å². The zero-order chi connectivity index (χ0) is 13.1. The molecule has 0 atom stereocenters. The zero-order valence-electron chi connectivity index (χ0n) is 10.9. The third kappa shape index (κ3) is 3.67. The molecular weight excluding hydrogens is 234 g/mol. The number of alkyl halides is 2. The smallest absolute Gasteiger partial charge is 0.255 e. The molecule has 0 bridgehead atoms. The first-order chi connectivity index (χ1) is 8.56. The lowest BCUT2D eigenvalue weighted by molar-refractivity contribution is 0.156. The van der Waals surface area contributed by atoms with E-state index in [4.69, 9.17) is 0 Å². The highest BCUT2D eigenvalue weighted by Gasteiger charge is 2.20. The van der Waals surface area contributed by atoms with Gasteiger partial charge in [-0.3, -0.25) is 0 Å². The summed E-state index contributed by atoms with van der Waals surface area (Å²) in [6.07, 6.45) is 0.244. The van der Waals surface area contributed by atoms with Gasteiger partial charge in [-0.1, -0.05) is 12.1 Å². The molecule has 4 heteroatoms. The lowest BCUT2D eigenvalue weighted by atomic mass is 10.1. The average molecular weight is 254 g/mol. The van der Waals surface area contributed by atoms with Gasteiger partial charge in [-0.2, -0.15) is 0 Å². The van der Waals surface area contributed by atoms with Crippen molar-refractivity contribution in [3.05, 3.63) is 29.3 Å². The van der Waals surface area contributed by atoms with E-state index >= 15 is 0 Å². The van der Waals surface area contributed by atoms with Crippen LogP contribution in [0.1, 0.15) is 24.0 Å². The van der Waals surface area contributed by atoms with Crippen LogP contribution in [0.3, 0.4) is 0 Å². The molecule has 0 heterocycles. The molecule has 0 aromatic heterocycles. The molecule has 1 aromatic carbocycles. The van der Waals surface area contributed by atoms with E-state index in [1.807, 2.05) is 19.1 Å². The maximum atomic E-state index is 12.3. The number of halogens is 2. The van der Waals surface area contributed by atoms with Crippen LogP contribution < -0.4 is 10.2 Å². The maximum Gasteiger partial charge on any atom is 0.255 e. The van der Waals surface area contributed by atoms with E-state index < -0.39 is 6.43 Å². The van der Waals surface area contributed by atoms with Gasteiger partial charge in [-0.05, 0) is 37.0 Å². The maximum absolute atomic E-state index is 12.3. The third-order valence-electron chi connectivity index (χ3n) is 3.26. The number of aryl methyl sites for hydroxylation is 1. The third-order valence-corrected chi connectivity index (χ3v) is 3.26. The molecule has 0 aliphatic heterocycles. The van der Waals surface area contributed by atoms with E-state index in [0.29, 0.717) is 6.04 Å². The summed E-state index contributed by atoms with van der Waals surface area (Å²) in [6, 6.07) is 6.71. The van der Waals surface area contributed by atoms with Gasteiger partial charge in [0.1, 0.15) is 0 Å². The van der Waals surface area contributed by atoms with Crippen molar-refractivity contribution >= 4 is 5.69 Å². The van der Waals surface area contributed by atoms with Crippen molar-refractivity contribution in [2.24, 2.45) is 0 Å². The Hall–Kier alpha value is -1.16. The molecule has 0 saturated heterocycles. The summed E-state index contributed by atoms with van der Waals surface area (Å²) in [7, 11) is 1.70. The lowest BCUT2D eigenvalue weighted by Crippen LogP contribution is -2.24. The van der Waals surface area contributed by atoms with Gasteiger partial charge < -0.3 is 10.2 Å². The highest BCUT2D eigenvalue weighted by molar-refractivity contribution is 5.54. The predicted molar refractivity (Wildman–Crippen MR) is 70.3 cm³/mol. The van der Waals surface area contributed by atoms with Crippen LogP contribution in [-0.4, -0.2) is 26.1 Å². The van der Waals surface area contributed by atoms with Gasteiger partial charge in [-0.15, -0.1) is 0 Å². The van der Waals surface area contributed by atoms with Gasteiger partial charge in [0.2, 0.25) is 0 Å². The predicted octanol–water partition coefficient (Wildman–Crippen LogP) is 2.95. The van der Waals surface area contributed by atoms with E-state index in [1.54, 1.807) is 11.9 Å². The molecule has 0 unspecified atom stereocenters. The minimum absolute atomic E-state index is 0.222. The summed E-state index contributed by atoms with van der Waals surface area (Å²) in [4.78, 5) is 1.61. The summed E-state index contributed by atoms with van der Waals surface area (Å²) in [5, 5.41) is 3.45. The Kier molecular flexibility index (Phi) is 4.17. The van der Waals surface area contributed by atoms with E-state index in [9.17, 15) is 8.78 Å². The van der Waals surface area contributed by atoms with Crippen molar-refractivity contribution in [3.8, 4) is 0 Å². The molecule has 0 radical (unpaired) electrons. The van der Waals surface area contributed by atoms with Gasteiger partial charge in [0.25, 0.3) is 6.43 Å². The van der Waals surface area contributed by atoms with Crippen LogP contribution in [-0.2, 0) is 6.54 Å². The Morgan fingerprint density at radius 2 is 2.11 bits per heavy atom. The van der Waals surface area contributed by atoms with Gasteiger partial charge in [-0.25, -0.2) is 8.78 Å². The zero-order valence-corrected chi connectivity index (χ0v) is 10.9. The van der Waals surface area contributed by atoms with Crippen LogP contribution in [0.25, 0.3) is 0 Å². The van der Waals surface area contributed by atoms with Crippen molar-refractivity contribution in [2.45, 2.75) is 38.8 Å². The minimum atomic E-state index is -2.30. The second-order valence-corrected chi connectivity index (χ2v) is 5.05. The number of hydrogen-bond acceptors (Lipinski definition) is 2. The van der Waals surface area contributed by atoms with E-state index in [1.165, 1.54) is 18.4 Å². The fourth-order valence-electron chi connectivity index (χ4n) is 2.11. The second kappa shape index (κ2) is 5.65. The molecule has 2 nitrogen and oxygen atoms in total. The SMILES string of the molecule is Cc1cc(CNC2CC2)ccc1N(C)CC(F)F. The molecular formula is C14H20F2N2. The fourth-order valence-corrected chi connectivity index (χ4v) is 2.11. The van der Waals surface area contributed by atoms with Crippen LogP contribution >= 0.6 is 0 Å². The number of rotatable bonds is 6. The second-order valence-electron chi connectivity index (χ2n) is 5.05. The summed E-state index contributed by atoms with van der Waals surface area (Å²) >= 11 is 0. The Labute approximate surface area is 107 Å². The molecule has 100 valence electrons. The molecule has 1 aliphatic carbocycles. The van der Waals surface area contributed by atoms with E-state index in [-0.39, 0.29) is 6.54 Å². The molecule has 1 N–H and O–H groups in total. The largest absolute Gasteiger partial charge is 0.369 e. The first-order valence-corrected chi connectivity index (χ1v) is 6.38. The normalized spacial score (nSPS) is 15.2. The lowest BCUT2D eigenvalue weighted by Gasteiger charge is -2.21. The van der Waals surface area contributed by atoms with E-state index in [0.717, 1.165) is 17.8 Å². The minimum Gasteiger partial charge on any atom is -0.369 e. The first-order valence-electron chi connectivity index (χ1n) is 6.38. The quantitative estimate of drug-likeness (QED) is 0.839. The van der Waals surface area contributed by atoms with Crippen molar-refractivity contribution in [3.63, 3.8) is 0 Å². The summed E-state index contributed by atoms with van der Waals surface area (Å²) in [5.41, 5.74) is 3.15. The number of benzene rings is 1. The van der Waals surface area contributed by atoms with E-state index in [2.05, 4.69) is 11.4 Å². The van der Waals surface area contributed by atoms with Crippen molar-refractivity contribution < 1.29 is 8.78 Å². The number of nitrogens with zero attached hydrogens (tertiary/aromatic N) is 1. The highest BCUT2D eigenvalue weighted by Crippen LogP contribution is 2.23. The van der Waals surface area contributed by atoms with Gasteiger partial charge in [0.15, 0.2) is 0 Å². The molecule has 1 aliphatic rings. The molecule has 18 heavy (non-hydrogen) atoms. The number of nitrogens with one attached hydrogen (secondary N) is 1. The van der Waals surface area contributed by atoms with Crippen LogP contribution in [0.4, 0.5) is 14.5 Å². The standard InChI is InChI=1S/C14H20F2N2/c1-10-7-11(8-17-12-4-5-12)3-6-13(10)18(2)9-14(15)16/h3,6-7,12,14,17H,4-5,8-9H2,1-2H3. The molecule has 0 spiro atoms. The molecule has 1 aromatic rings. The van der Waals surface area contributed by atoms with Crippen molar-refractivity contribution in [2.75, 3.05) is 18.5 Å². The Morgan fingerprint density at radius 1 is 1.39 bits per heavy atom. The fraction of sp³-hybridized carbons (Fsp3) is 0.571. The Balaban J connectivity index is 1.99. The van der Waals surface area contributed by atoms with Crippen LogP contribution in [0.2, 0.25) is 0 Å². The average Bonchev–Trinajstić information content (AvgIpc) is 3.09. The number of anilines is 1. The molecule has 2 rings (SSSR count). The van der Waals surface area contributed by atoms with Gasteiger partial charge in [0, 0.05) is 25.3 Å². The number of hydrogen-bond donors (Lipinski definition) is 1. The Bertz CT molecular complexity index is 403. The Morgan fingerprint density at radius 3 is 2.67 bits per heavy atom. The first kappa shape index (κ1) is 13.3. The summed E-state index contributed by atoms with van der Waals surface area (Å²) in [5.74, 6) is 0. The van der Waals surface area contributed by atoms with Crippen LogP contribution in [0, 0.1) is 6.92 Å². The van der Waals surface area contributed by atoms with Crippen LogP contribution in [0.5, 0.6) is 0 Å². The molecule has 0 amide bonds. The van der Waals surface area contributed by atoms with Crippen molar-refractivity contribution in [1.82, 2.24) is 5.32 Å².